The molecule has 10 nitrogen and oxygen atoms in total. The van der Waals surface area contributed by atoms with Gasteiger partial charge >= 0.3 is 12.3 Å². The lowest BCUT2D eigenvalue weighted by Gasteiger charge is -2.34. The van der Waals surface area contributed by atoms with Gasteiger partial charge in [0.25, 0.3) is 5.56 Å². The van der Waals surface area contributed by atoms with Crippen LogP contribution in [0.25, 0.3) is 22.4 Å². The van der Waals surface area contributed by atoms with Crippen LogP contribution >= 0.6 is 11.9 Å². The first kappa shape index (κ1) is 34.8. The lowest BCUT2D eigenvalue weighted by molar-refractivity contribution is -0.129. The maximum Gasteiger partial charge on any atom is 0.410 e. The lowest BCUT2D eigenvalue weighted by atomic mass is 10.0. The Balaban J connectivity index is 1.35. The Morgan fingerprint density at radius 2 is 1.81 bits per heavy atom. The van der Waals surface area contributed by atoms with E-state index in [9.17, 15) is 35.9 Å². The van der Waals surface area contributed by atoms with Crippen molar-refractivity contribution in [3.63, 3.8) is 0 Å². The smallest absolute Gasteiger partial charge is 0.410 e. The third-order valence-corrected chi connectivity index (χ3v) is 8.08. The molecule has 0 spiro atoms. The SMILES string of the molecule is CC(C)n1c(=O)c(-c2cc(F)c(NSCCC(F)(F)F)c(F)c2)nc2cnc(N[C@H]3CC(F)CN(C(=O)OCc4ccccc4)C3)nc21. The van der Waals surface area contributed by atoms with Crippen LogP contribution in [0.15, 0.2) is 53.5 Å². The van der Waals surface area contributed by atoms with Crippen molar-refractivity contribution in [2.45, 2.75) is 57.7 Å². The Morgan fingerprint density at radius 1 is 1.10 bits per heavy atom. The van der Waals surface area contributed by atoms with Crippen LogP contribution in [0.3, 0.4) is 0 Å². The molecule has 0 aliphatic carbocycles. The first-order valence-electron chi connectivity index (χ1n) is 14.9. The number of nitrogens with zero attached hydrogens (tertiary/aromatic N) is 5. The fraction of sp³-hybridized carbons (Fsp3) is 0.387. The molecule has 2 aromatic heterocycles. The molecule has 0 radical (unpaired) electrons. The highest BCUT2D eigenvalue weighted by molar-refractivity contribution is 8.00. The van der Waals surface area contributed by atoms with Crippen molar-refractivity contribution in [1.29, 1.82) is 0 Å². The lowest BCUT2D eigenvalue weighted by Crippen LogP contribution is -2.50. The molecule has 1 unspecified atom stereocenters. The number of piperidine rings is 1. The predicted molar refractivity (Wildman–Crippen MR) is 169 cm³/mol. The van der Waals surface area contributed by atoms with Crippen molar-refractivity contribution in [3.8, 4) is 11.3 Å². The topological polar surface area (TPSA) is 114 Å². The van der Waals surface area contributed by atoms with Gasteiger partial charge in [0.05, 0.1) is 19.2 Å². The third kappa shape index (κ3) is 8.48. The van der Waals surface area contributed by atoms with Crippen molar-refractivity contribution in [2.75, 3.05) is 28.9 Å². The summed E-state index contributed by atoms with van der Waals surface area (Å²) in [6.45, 7) is 3.39. The molecule has 256 valence electrons. The van der Waals surface area contributed by atoms with Crippen LogP contribution in [-0.4, -0.2) is 67.7 Å². The number of carbonyl (C=O) groups is 1. The molecule has 2 N–H and O–H groups in total. The van der Waals surface area contributed by atoms with Crippen LogP contribution < -0.4 is 15.6 Å². The summed E-state index contributed by atoms with van der Waals surface area (Å²) in [7, 11) is 0. The number of halogens is 6. The molecular formula is C31H31F6N7O3S. The third-order valence-electron chi connectivity index (χ3n) is 7.32. The monoisotopic (exact) mass is 695 g/mol. The number of ether oxygens (including phenoxy) is 1. The largest absolute Gasteiger partial charge is 0.445 e. The normalized spacial score (nSPS) is 16.7. The van der Waals surface area contributed by atoms with Gasteiger partial charge in [0.1, 0.15) is 29.7 Å². The van der Waals surface area contributed by atoms with E-state index in [4.69, 9.17) is 4.74 Å². The number of alkyl halides is 4. The molecule has 1 saturated heterocycles. The molecule has 1 amide bonds. The summed E-state index contributed by atoms with van der Waals surface area (Å²) in [6, 6.07) is 9.70. The number of amides is 1. The number of carbonyl (C=O) groups excluding carboxylic acids is 1. The van der Waals surface area contributed by atoms with Gasteiger partial charge in [0.2, 0.25) is 5.95 Å². The second kappa shape index (κ2) is 14.7. The van der Waals surface area contributed by atoms with E-state index in [1.54, 1.807) is 26.0 Å². The van der Waals surface area contributed by atoms with Crippen LogP contribution in [0, 0.1) is 11.6 Å². The molecule has 3 heterocycles. The number of hydrogen-bond acceptors (Lipinski definition) is 9. The standard InChI is InChI=1S/C31H31F6N7O3S/c1-17(2)44-27-24(40-25(28(44)45)19-10-22(33)26(23(34)11-19)42-48-9-8-31(35,36)37)13-38-29(41-27)39-21-12-20(32)14-43(15-21)30(46)47-16-18-6-4-3-5-7-18/h3-7,10-11,13,17,20-21,42H,8-9,12,14-16H2,1-2H3,(H,38,39,41)/t20?,21-/m0/s1. The summed E-state index contributed by atoms with van der Waals surface area (Å²) in [5.41, 5.74) is -0.864. The molecule has 5 rings (SSSR count). The number of nitrogens with one attached hydrogen (secondary N) is 2. The minimum absolute atomic E-state index is 0.0332. The number of rotatable bonds is 10. The van der Waals surface area contributed by atoms with Crippen LogP contribution in [0.5, 0.6) is 0 Å². The molecule has 1 aliphatic rings. The van der Waals surface area contributed by atoms with E-state index in [-0.39, 0.29) is 54.5 Å². The van der Waals surface area contributed by atoms with Crippen LogP contribution in [0.4, 0.5) is 42.8 Å². The fourth-order valence-corrected chi connectivity index (χ4v) is 5.89. The number of fused-ring (bicyclic) bond motifs is 1. The van der Waals surface area contributed by atoms with Gasteiger partial charge in [0.15, 0.2) is 17.3 Å². The molecule has 1 fully saturated rings. The second-order valence-electron chi connectivity index (χ2n) is 11.4. The van der Waals surface area contributed by atoms with E-state index in [2.05, 4.69) is 25.0 Å². The summed E-state index contributed by atoms with van der Waals surface area (Å²) in [4.78, 5) is 40.5. The molecule has 17 heteroatoms. The van der Waals surface area contributed by atoms with Crippen molar-refractivity contribution in [1.82, 2.24) is 24.4 Å². The number of likely N-dealkylation sites (tertiary alicyclic amines) is 1. The average molecular weight is 696 g/mol. The Hall–Kier alpha value is -4.54. The molecule has 4 aromatic rings. The summed E-state index contributed by atoms with van der Waals surface area (Å²) in [5, 5.41) is 3.02. The van der Waals surface area contributed by atoms with Crippen LogP contribution in [0.2, 0.25) is 0 Å². The van der Waals surface area contributed by atoms with Gasteiger partial charge in [-0.25, -0.2) is 27.9 Å². The van der Waals surface area contributed by atoms with Gasteiger partial charge in [-0.2, -0.15) is 18.2 Å². The van der Waals surface area contributed by atoms with E-state index in [0.717, 1.165) is 17.7 Å². The minimum Gasteiger partial charge on any atom is -0.445 e. The zero-order valence-corrected chi connectivity index (χ0v) is 26.5. The maximum absolute atomic E-state index is 14.9. The summed E-state index contributed by atoms with van der Waals surface area (Å²) in [5.74, 6) is -2.69. The Morgan fingerprint density at radius 3 is 2.48 bits per heavy atom. The molecule has 1 aliphatic heterocycles. The average Bonchev–Trinajstić information content (AvgIpc) is 3.02. The van der Waals surface area contributed by atoms with Crippen molar-refractivity contribution in [3.05, 3.63) is 76.2 Å². The van der Waals surface area contributed by atoms with Gasteiger partial charge in [-0.15, -0.1) is 0 Å². The molecule has 48 heavy (non-hydrogen) atoms. The highest BCUT2D eigenvalue weighted by atomic mass is 32.2. The summed E-state index contributed by atoms with van der Waals surface area (Å²) < 4.78 is 90.6. The van der Waals surface area contributed by atoms with E-state index in [1.165, 1.54) is 15.7 Å². The molecule has 0 saturated carbocycles. The van der Waals surface area contributed by atoms with E-state index in [0.29, 0.717) is 11.9 Å². The van der Waals surface area contributed by atoms with Crippen molar-refractivity contribution < 1.29 is 35.9 Å². The van der Waals surface area contributed by atoms with Crippen LogP contribution in [0.1, 0.15) is 38.3 Å². The number of aromatic nitrogens is 4. The Kier molecular flexibility index (Phi) is 10.7. The highest BCUT2D eigenvalue weighted by Crippen LogP contribution is 2.30. The first-order valence-corrected chi connectivity index (χ1v) is 15.9. The Labute approximate surface area is 275 Å². The number of anilines is 2. The number of hydrogen-bond donors (Lipinski definition) is 2. The summed E-state index contributed by atoms with van der Waals surface area (Å²) in [6.07, 6.45) is -6.23. The molecule has 0 bridgehead atoms. The summed E-state index contributed by atoms with van der Waals surface area (Å²) >= 11 is 0.491. The van der Waals surface area contributed by atoms with Gasteiger partial charge < -0.3 is 19.7 Å². The Bertz CT molecular complexity index is 1800. The quantitative estimate of drug-likeness (QED) is 0.104. The zero-order chi connectivity index (χ0) is 34.6. The van der Waals surface area contributed by atoms with E-state index < -0.39 is 65.6 Å². The van der Waals surface area contributed by atoms with Crippen molar-refractivity contribution >= 4 is 40.8 Å². The number of benzene rings is 2. The zero-order valence-electron chi connectivity index (χ0n) is 25.7. The van der Waals surface area contributed by atoms with Gasteiger partial charge in [-0.3, -0.25) is 9.36 Å². The minimum atomic E-state index is -4.42. The highest BCUT2D eigenvalue weighted by Gasteiger charge is 2.32. The van der Waals surface area contributed by atoms with Crippen LogP contribution in [-0.2, 0) is 11.3 Å². The second-order valence-corrected chi connectivity index (χ2v) is 12.3. The van der Waals surface area contributed by atoms with Gasteiger partial charge in [-0.05, 0) is 31.5 Å². The van der Waals surface area contributed by atoms with E-state index in [1.807, 2.05) is 18.2 Å². The van der Waals surface area contributed by atoms with E-state index >= 15 is 0 Å². The predicted octanol–water partition coefficient (Wildman–Crippen LogP) is 6.89. The van der Waals surface area contributed by atoms with Gasteiger partial charge in [0, 0.05) is 36.4 Å². The van der Waals surface area contributed by atoms with Gasteiger partial charge in [-0.1, -0.05) is 42.3 Å². The first-order chi connectivity index (χ1) is 22.8. The fourth-order valence-electron chi connectivity index (χ4n) is 5.12. The molecular weight excluding hydrogens is 664 g/mol. The molecule has 2 atom stereocenters. The molecule has 2 aromatic carbocycles. The van der Waals surface area contributed by atoms with Crippen molar-refractivity contribution in [2.24, 2.45) is 0 Å². The maximum atomic E-state index is 14.9.